The van der Waals surface area contributed by atoms with Crippen LogP contribution < -0.4 is 4.74 Å². The van der Waals surface area contributed by atoms with E-state index in [2.05, 4.69) is 48.5 Å². The molecular weight excluding hydrogens is 390 g/mol. The average Bonchev–Trinajstić information content (AvgIpc) is 2.27. The van der Waals surface area contributed by atoms with Gasteiger partial charge in [0.15, 0.2) is 11.6 Å². The van der Waals surface area contributed by atoms with Gasteiger partial charge in [-0.25, -0.2) is 14.4 Å². The van der Waals surface area contributed by atoms with Gasteiger partial charge in [0.25, 0.3) is 0 Å². The van der Waals surface area contributed by atoms with E-state index in [9.17, 15) is 4.39 Å². The van der Waals surface area contributed by atoms with Crippen LogP contribution in [0.4, 0.5) is 4.39 Å². The number of hydrogen-bond acceptors (Lipinski definition) is 3. The van der Waals surface area contributed by atoms with Gasteiger partial charge in [0.2, 0.25) is 0 Å². The van der Waals surface area contributed by atoms with Crippen LogP contribution in [-0.2, 0) is 0 Å². The lowest BCUT2D eigenvalue weighted by Crippen LogP contribution is -1.93. The second-order valence-electron chi connectivity index (χ2n) is 2.86. The molecule has 0 aliphatic heterocycles. The smallest absolute Gasteiger partial charge is 0.322 e. The summed E-state index contributed by atoms with van der Waals surface area (Å²) >= 11 is 5.31. The Morgan fingerprint density at radius 3 is 2.62 bits per heavy atom. The van der Waals surface area contributed by atoms with Crippen molar-refractivity contribution in [1.82, 2.24) is 9.97 Å². The Labute approximate surface area is 113 Å². The zero-order valence-corrected chi connectivity index (χ0v) is 11.6. The van der Waals surface area contributed by atoms with E-state index in [-0.39, 0.29) is 11.8 Å². The largest absolute Gasteiger partial charge is 0.421 e. The Morgan fingerprint density at radius 1 is 1.25 bits per heavy atom. The molecule has 0 atom stereocenters. The fraction of sp³-hybridized carbons (Fsp3) is 0. The standard InChI is InChI=1S/C10H5BrFIN2O/c11-6-1-2-8(12)9(3-6)16-10-14-4-7(13)5-15-10/h1-5H. The molecule has 0 saturated heterocycles. The van der Waals surface area contributed by atoms with Crippen LogP contribution in [0.1, 0.15) is 0 Å². The van der Waals surface area contributed by atoms with E-state index in [1.54, 1.807) is 18.5 Å². The molecule has 0 bridgehead atoms. The first-order valence-electron chi connectivity index (χ1n) is 4.25. The molecule has 2 aromatic rings. The molecule has 0 N–H and O–H groups in total. The zero-order chi connectivity index (χ0) is 11.5. The maximum atomic E-state index is 13.3. The molecule has 1 aromatic heterocycles. The molecule has 6 heteroatoms. The van der Waals surface area contributed by atoms with Crippen LogP contribution in [0, 0.1) is 9.39 Å². The van der Waals surface area contributed by atoms with Crippen molar-refractivity contribution in [2.45, 2.75) is 0 Å². The van der Waals surface area contributed by atoms with Crippen LogP contribution in [0.2, 0.25) is 0 Å². The monoisotopic (exact) mass is 394 g/mol. The topological polar surface area (TPSA) is 35.0 Å². The summed E-state index contributed by atoms with van der Waals surface area (Å²) < 4.78 is 20.2. The predicted octanol–water partition coefficient (Wildman–Crippen LogP) is 3.78. The van der Waals surface area contributed by atoms with Crippen molar-refractivity contribution in [3.8, 4) is 11.8 Å². The Bertz CT molecular complexity index is 507. The second-order valence-corrected chi connectivity index (χ2v) is 5.02. The highest BCUT2D eigenvalue weighted by Gasteiger charge is 2.06. The quantitative estimate of drug-likeness (QED) is 0.727. The van der Waals surface area contributed by atoms with Gasteiger partial charge in [0.1, 0.15) is 0 Å². The van der Waals surface area contributed by atoms with Gasteiger partial charge < -0.3 is 4.74 Å². The van der Waals surface area contributed by atoms with Crippen LogP contribution in [0.3, 0.4) is 0 Å². The Morgan fingerprint density at radius 2 is 1.94 bits per heavy atom. The second kappa shape index (κ2) is 5.05. The Kier molecular flexibility index (Phi) is 3.70. The highest BCUT2D eigenvalue weighted by molar-refractivity contribution is 14.1. The van der Waals surface area contributed by atoms with Gasteiger partial charge >= 0.3 is 6.01 Å². The lowest BCUT2D eigenvalue weighted by Gasteiger charge is -2.04. The van der Waals surface area contributed by atoms with Crippen molar-refractivity contribution in [3.63, 3.8) is 0 Å². The molecule has 0 spiro atoms. The van der Waals surface area contributed by atoms with Crippen molar-refractivity contribution in [2.75, 3.05) is 0 Å². The van der Waals surface area contributed by atoms with Crippen molar-refractivity contribution in [3.05, 3.63) is 44.5 Å². The summed E-state index contributed by atoms with van der Waals surface area (Å²) in [4.78, 5) is 7.84. The zero-order valence-electron chi connectivity index (χ0n) is 7.82. The minimum absolute atomic E-state index is 0.0931. The van der Waals surface area contributed by atoms with Gasteiger partial charge in [0.05, 0.1) is 0 Å². The first-order valence-corrected chi connectivity index (χ1v) is 6.13. The highest BCUT2D eigenvalue weighted by Crippen LogP contribution is 2.25. The summed E-state index contributed by atoms with van der Waals surface area (Å²) in [5.74, 6) is -0.360. The predicted molar refractivity (Wildman–Crippen MR) is 68.9 cm³/mol. The van der Waals surface area contributed by atoms with Crippen LogP contribution in [0.15, 0.2) is 35.1 Å². The molecule has 0 fully saturated rings. The average molecular weight is 395 g/mol. The number of hydrogen-bond donors (Lipinski definition) is 0. The third-order valence-electron chi connectivity index (χ3n) is 1.69. The fourth-order valence-electron chi connectivity index (χ4n) is 1.01. The number of nitrogens with zero attached hydrogens (tertiary/aromatic N) is 2. The van der Waals surface area contributed by atoms with E-state index in [1.807, 2.05) is 0 Å². The number of aromatic nitrogens is 2. The maximum Gasteiger partial charge on any atom is 0.322 e. The minimum Gasteiger partial charge on any atom is -0.421 e. The van der Waals surface area contributed by atoms with Crippen molar-refractivity contribution >= 4 is 38.5 Å². The SMILES string of the molecule is Fc1ccc(Br)cc1Oc1ncc(I)cn1. The van der Waals surface area contributed by atoms with Gasteiger partial charge in [-0.2, -0.15) is 0 Å². The summed E-state index contributed by atoms with van der Waals surface area (Å²) in [6.45, 7) is 0. The molecular formula is C10H5BrFIN2O. The normalized spacial score (nSPS) is 10.2. The van der Waals surface area contributed by atoms with Gasteiger partial charge in [-0.05, 0) is 40.8 Å². The van der Waals surface area contributed by atoms with Crippen LogP contribution in [-0.4, -0.2) is 9.97 Å². The lowest BCUT2D eigenvalue weighted by atomic mass is 10.3. The molecule has 0 aliphatic carbocycles. The summed E-state index contributed by atoms with van der Waals surface area (Å²) in [6.07, 6.45) is 3.19. The number of benzene rings is 1. The molecule has 0 amide bonds. The number of ether oxygens (including phenoxy) is 1. The molecule has 0 unspecified atom stereocenters. The van der Waals surface area contributed by atoms with Crippen LogP contribution >= 0.6 is 38.5 Å². The maximum absolute atomic E-state index is 13.3. The van der Waals surface area contributed by atoms with Crippen molar-refractivity contribution in [2.24, 2.45) is 0 Å². The Hall–Kier alpha value is -0.760. The van der Waals surface area contributed by atoms with Gasteiger partial charge in [-0.3, -0.25) is 0 Å². The summed E-state index contributed by atoms with van der Waals surface area (Å²) in [5, 5.41) is 0. The lowest BCUT2D eigenvalue weighted by molar-refractivity contribution is 0.410. The Balaban J connectivity index is 2.26. The molecule has 3 nitrogen and oxygen atoms in total. The first kappa shape index (κ1) is 11.7. The van der Waals surface area contributed by atoms with Gasteiger partial charge in [-0.15, -0.1) is 0 Å². The van der Waals surface area contributed by atoms with E-state index >= 15 is 0 Å². The molecule has 0 radical (unpaired) electrons. The summed E-state index contributed by atoms with van der Waals surface area (Å²) in [7, 11) is 0. The molecule has 16 heavy (non-hydrogen) atoms. The van der Waals surface area contributed by atoms with Crippen molar-refractivity contribution < 1.29 is 9.13 Å². The molecule has 82 valence electrons. The highest BCUT2D eigenvalue weighted by atomic mass is 127. The summed E-state index contributed by atoms with van der Waals surface area (Å²) in [5.41, 5.74) is 0. The van der Waals surface area contributed by atoms with Gasteiger partial charge in [0, 0.05) is 20.4 Å². The van der Waals surface area contributed by atoms with Gasteiger partial charge in [-0.1, -0.05) is 15.9 Å². The van der Waals surface area contributed by atoms with Crippen LogP contribution in [0.25, 0.3) is 0 Å². The van der Waals surface area contributed by atoms with E-state index in [0.717, 1.165) is 8.04 Å². The van der Waals surface area contributed by atoms with E-state index < -0.39 is 5.82 Å². The number of halogens is 3. The number of rotatable bonds is 2. The summed E-state index contributed by atoms with van der Waals surface area (Å²) in [6, 6.07) is 4.55. The molecule has 0 saturated carbocycles. The van der Waals surface area contributed by atoms with E-state index in [4.69, 9.17) is 4.74 Å². The third kappa shape index (κ3) is 2.88. The molecule has 0 aliphatic rings. The van der Waals surface area contributed by atoms with Crippen molar-refractivity contribution in [1.29, 1.82) is 0 Å². The minimum atomic E-state index is -0.453. The van der Waals surface area contributed by atoms with E-state index in [1.165, 1.54) is 12.1 Å². The molecule has 2 rings (SSSR count). The first-order chi connectivity index (χ1) is 7.65. The van der Waals surface area contributed by atoms with Crippen LogP contribution in [0.5, 0.6) is 11.8 Å². The third-order valence-corrected chi connectivity index (χ3v) is 2.74. The molecule has 1 aromatic carbocycles. The fourth-order valence-corrected chi connectivity index (χ4v) is 1.63. The van der Waals surface area contributed by atoms with E-state index in [0.29, 0.717) is 0 Å². The molecule has 1 heterocycles.